The minimum Gasteiger partial charge on any atom is -0.233 e. The maximum Gasteiger partial charge on any atom is 0.160 e. The molecule has 0 fully saturated rings. The molecule has 5 aromatic rings. The number of allylic oxidation sites excluding steroid dienone is 2. The Hall–Kier alpha value is -5.16. The van der Waals surface area contributed by atoms with E-state index in [-0.39, 0.29) is 0 Å². The van der Waals surface area contributed by atoms with Gasteiger partial charge in [-0.3, -0.25) is 0 Å². The number of aliphatic imine (C=N–C) groups is 2. The average molecular weight is 506 g/mol. The molecule has 5 heteroatoms. The summed E-state index contributed by atoms with van der Waals surface area (Å²) in [6, 6.07) is 32.4. The lowest BCUT2D eigenvalue weighted by molar-refractivity contribution is 0.824. The third-order valence-corrected chi connectivity index (χ3v) is 6.71. The van der Waals surface area contributed by atoms with Gasteiger partial charge in [-0.05, 0) is 54.3 Å². The molecule has 0 radical (unpaired) electrons. The second-order valence-corrected chi connectivity index (χ2v) is 9.33. The highest BCUT2D eigenvalue weighted by Gasteiger charge is 2.13. The van der Waals surface area contributed by atoms with Gasteiger partial charge < -0.3 is 0 Å². The summed E-state index contributed by atoms with van der Waals surface area (Å²) in [7, 11) is 0. The first-order valence-electron chi connectivity index (χ1n) is 12.9. The van der Waals surface area contributed by atoms with Crippen LogP contribution in [0, 0.1) is 0 Å². The summed E-state index contributed by atoms with van der Waals surface area (Å²) in [6.07, 6.45) is 9.53. The molecule has 0 spiro atoms. The van der Waals surface area contributed by atoms with E-state index in [0.29, 0.717) is 11.5 Å². The molecule has 5 nitrogen and oxygen atoms in total. The van der Waals surface area contributed by atoms with Crippen LogP contribution >= 0.6 is 0 Å². The van der Waals surface area contributed by atoms with Gasteiger partial charge in [-0.2, -0.15) is 0 Å². The number of hydrogen-bond donors (Lipinski definition) is 0. The van der Waals surface area contributed by atoms with Crippen LogP contribution in [0.3, 0.4) is 0 Å². The molecule has 0 bridgehead atoms. The van der Waals surface area contributed by atoms with Gasteiger partial charge in [0, 0.05) is 16.8 Å². The zero-order valence-electron chi connectivity index (χ0n) is 21.7. The Morgan fingerprint density at radius 2 is 1.56 bits per heavy atom. The van der Waals surface area contributed by atoms with Crippen LogP contribution in [-0.4, -0.2) is 26.5 Å². The van der Waals surface area contributed by atoms with Crippen LogP contribution in [0.4, 0.5) is 0 Å². The molecular formula is C34H27N5. The van der Waals surface area contributed by atoms with Gasteiger partial charge in [0.15, 0.2) is 5.84 Å². The van der Waals surface area contributed by atoms with Crippen molar-refractivity contribution >= 4 is 40.4 Å². The molecule has 0 aliphatic heterocycles. The van der Waals surface area contributed by atoms with Crippen LogP contribution in [-0.2, 0) is 0 Å². The lowest BCUT2D eigenvalue weighted by Crippen LogP contribution is -2.06. The molecule has 1 aliphatic carbocycles. The van der Waals surface area contributed by atoms with E-state index in [4.69, 9.17) is 9.98 Å². The topological polar surface area (TPSA) is 55.4 Å². The van der Waals surface area contributed by atoms with Crippen LogP contribution in [0.25, 0.3) is 34.6 Å². The Bertz CT molecular complexity index is 1800. The number of para-hydroxylation sites is 1. The van der Waals surface area contributed by atoms with Gasteiger partial charge in [0.25, 0.3) is 0 Å². The minimum atomic E-state index is 0.582. The van der Waals surface area contributed by atoms with Gasteiger partial charge in [0.1, 0.15) is 5.52 Å². The van der Waals surface area contributed by atoms with Gasteiger partial charge in [-0.25, -0.2) is 14.7 Å². The lowest BCUT2D eigenvalue weighted by Gasteiger charge is -2.12. The van der Waals surface area contributed by atoms with Crippen molar-refractivity contribution < 1.29 is 0 Å². The van der Waals surface area contributed by atoms with E-state index in [0.717, 1.165) is 56.7 Å². The number of hydrogen-bond acceptors (Lipinski definition) is 3. The summed E-state index contributed by atoms with van der Waals surface area (Å²) >= 11 is 0. The number of fused-ring (bicyclic) bond motifs is 2. The first-order chi connectivity index (χ1) is 19.2. The zero-order valence-corrected chi connectivity index (χ0v) is 21.7. The maximum atomic E-state index is 5.04. The van der Waals surface area contributed by atoms with Crippen molar-refractivity contribution in [1.29, 1.82) is 0 Å². The average Bonchev–Trinajstić information content (AvgIpc) is 3.27. The standard InChI is InChI=1S/C34H27N5/c1-24(26-13-5-3-6-14-26)35-34(36-25(2)30-20-12-16-27-15-7-4-8-19-31(27)30)28-17-11-18-29(23-28)39-33-22-10-9-21-32(33)37-38-39/h3,5-23H,2,4H2,1H3/b35-24+,36-34-. The predicted octanol–water partition coefficient (Wildman–Crippen LogP) is 7.78. The number of nitrogens with zero attached hydrogens (tertiary/aromatic N) is 5. The molecule has 1 heterocycles. The van der Waals surface area contributed by atoms with E-state index in [9.17, 15) is 0 Å². The van der Waals surface area contributed by atoms with E-state index >= 15 is 0 Å². The second kappa shape index (κ2) is 10.7. The molecule has 0 unspecified atom stereocenters. The van der Waals surface area contributed by atoms with Gasteiger partial charge in [-0.1, -0.05) is 109 Å². The fraction of sp³-hybridized carbons (Fsp3) is 0.0588. The summed E-state index contributed by atoms with van der Waals surface area (Å²) in [4.78, 5) is 10.1. The third-order valence-electron chi connectivity index (χ3n) is 6.71. The predicted molar refractivity (Wildman–Crippen MR) is 162 cm³/mol. The summed E-state index contributed by atoms with van der Waals surface area (Å²) in [5.74, 6) is 0.582. The highest BCUT2D eigenvalue weighted by Crippen LogP contribution is 2.28. The largest absolute Gasteiger partial charge is 0.233 e. The molecule has 1 aliphatic rings. The quantitative estimate of drug-likeness (QED) is 0.181. The Labute approximate surface area is 227 Å². The van der Waals surface area contributed by atoms with E-state index in [1.807, 2.05) is 84.4 Å². The van der Waals surface area contributed by atoms with Gasteiger partial charge in [0.05, 0.1) is 16.9 Å². The summed E-state index contributed by atoms with van der Waals surface area (Å²) in [6.45, 7) is 6.38. The highest BCUT2D eigenvalue weighted by molar-refractivity contribution is 6.13. The monoisotopic (exact) mass is 505 g/mol. The number of benzene rings is 4. The first kappa shape index (κ1) is 24.2. The zero-order chi connectivity index (χ0) is 26.6. The third kappa shape index (κ3) is 5.03. The Kier molecular flexibility index (Phi) is 6.62. The van der Waals surface area contributed by atoms with Crippen molar-refractivity contribution in [1.82, 2.24) is 15.0 Å². The molecular weight excluding hydrogens is 478 g/mol. The molecule has 0 atom stereocenters. The highest BCUT2D eigenvalue weighted by atomic mass is 15.4. The number of amidine groups is 1. The number of aromatic nitrogens is 3. The minimum absolute atomic E-state index is 0.582. The van der Waals surface area contributed by atoms with Gasteiger partial charge >= 0.3 is 0 Å². The van der Waals surface area contributed by atoms with Crippen molar-refractivity contribution in [3.63, 3.8) is 0 Å². The fourth-order valence-electron chi connectivity index (χ4n) is 4.71. The molecule has 4 aromatic carbocycles. The van der Waals surface area contributed by atoms with Gasteiger partial charge in [0.2, 0.25) is 0 Å². The lowest BCUT2D eigenvalue weighted by atomic mass is 9.99. The summed E-state index contributed by atoms with van der Waals surface area (Å²) < 4.78 is 1.84. The van der Waals surface area contributed by atoms with Crippen LogP contribution in [0.15, 0.2) is 126 Å². The summed E-state index contributed by atoms with van der Waals surface area (Å²) in [5.41, 5.74) is 9.35. The Balaban J connectivity index is 1.48. The second-order valence-electron chi connectivity index (χ2n) is 9.33. The fourth-order valence-corrected chi connectivity index (χ4v) is 4.71. The molecule has 188 valence electrons. The molecule has 0 amide bonds. The van der Waals surface area contributed by atoms with E-state index in [1.54, 1.807) is 0 Å². The van der Waals surface area contributed by atoms with Crippen LogP contribution < -0.4 is 0 Å². The van der Waals surface area contributed by atoms with Crippen LogP contribution in [0.5, 0.6) is 0 Å². The van der Waals surface area contributed by atoms with Crippen molar-refractivity contribution in [3.05, 3.63) is 144 Å². The Morgan fingerprint density at radius 1 is 0.795 bits per heavy atom. The van der Waals surface area contributed by atoms with Crippen LogP contribution in [0.2, 0.25) is 0 Å². The van der Waals surface area contributed by atoms with Gasteiger partial charge in [-0.15, -0.1) is 5.10 Å². The first-order valence-corrected chi connectivity index (χ1v) is 12.9. The van der Waals surface area contributed by atoms with Crippen molar-refractivity contribution in [3.8, 4) is 5.69 Å². The molecule has 6 rings (SSSR count). The molecule has 1 aromatic heterocycles. The normalized spacial score (nSPS) is 13.4. The van der Waals surface area contributed by atoms with Crippen molar-refractivity contribution in [2.24, 2.45) is 9.98 Å². The van der Waals surface area contributed by atoms with E-state index < -0.39 is 0 Å². The Morgan fingerprint density at radius 3 is 2.46 bits per heavy atom. The van der Waals surface area contributed by atoms with E-state index in [2.05, 4.69) is 65.5 Å². The molecule has 0 saturated heterocycles. The SMILES string of the molecule is C=C(/N=C(\N=C(/C)c1ccccc1)c1cccc(-n2nnc3ccccc32)c1)c1cccc2c1C=CCC=C2. The van der Waals surface area contributed by atoms with Crippen molar-refractivity contribution in [2.75, 3.05) is 0 Å². The molecule has 39 heavy (non-hydrogen) atoms. The number of rotatable bonds is 5. The smallest absolute Gasteiger partial charge is 0.160 e. The molecule has 0 saturated carbocycles. The summed E-state index contributed by atoms with van der Waals surface area (Å²) in [5, 5.41) is 8.72. The maximum absolute atomic E-state index is 5.04. The van der Waals surface area contributed by atoms with Crippen LogP contribution in [0.1, 0.15) is 41.2 Å². The van der Waals surface area contributed by atoms with E-state index in [1.165, 1.54) is 0 Å². The molecule has 0 N–H and O–H groups in total. The van der Waals surface area contributed by atoms with Crippen molar-refractivity contribution in [2.45, 2.75) is 13.3 Å².